The van der Waals surface area contributed by atoms with Crippen LogP contribution in [0.2, 0.25) is 0 Å². The van der Waals surface area contributed by atoms with Gasteiger partial charge in [-0.1, -0.05) is 35.9 Å². The molecule has 2 heterocycles. The number of amidine groups is 1. The number of amides is 2. The standard InChI is InChI=1S/C33H44N6O6S/c1-6-45-33(42)29-16-21(2)12-15-39(29)32(41)27(18-22-8-7-9-24(17-22)31(34)35)36-46(43,44)25-11-10-23-13-14-38(5)28(26(23)19-25)20-30(40)37(3)4/h7-12,17,19,27-29,36H,6,13-16,18,20H2,1-5H3,(H3,34,35)/t27-,28?,29+/m0/s1. The van der Waals surface area contributed by atoms with Crippen molar-refractivity contribution in [3.8, 4) is 0 Å². The molecule has 13 heteroatoms. The molecule has 248 valence electrons. The van der Waals surface area contributed by atoms with Crippen LogP contribution in [0.4, 0.5) is 0 Å². The Balaban J connectivity index is 1.72. The van der Waals surface area contributed by atoms with Crippen molar-refractivity contribution in [2.24, 2.45) is 5.73 Å². The molecule has 2 aromatic rings. The van der Waals surface area contributed by atoms with Gasteiger partial charge in [0.1, 0.15) is 17.9 Å². The Bertz CT molecular complexity index is 1640. The first kappa shape index (κ1) is 34.8. The Morgan fingerprint density at radius 3 is 2.59 bits per heavy atom. The number of ether oxygens (including phenoxy) is 1. The lowest BCUT2D eigenvalue weighted by atomic mass is 9.91. The quantitative estimate of drug-likeness (QED) is 0.143. The number of hydrogen-bond donors (Lipinski definition) is 3. The fourth-order valence-electron chi connectivity index (χ4n) is 5.89. The van der Waals surface area contributed by atoms with E-state index in [2.05, 4.69) is 4.72 Å². The lowest BCUT2D eigenvalue weighted by molar-refractivity contribution is -0.155. The summed E-state index contributed by atoms with van der Waals surface area (Å²) in [6.07, 6.45) is 2.96. The maximum atomic E-state index is 14.2. The number of nitrogens with one attached hydrogen (secondary N) is 2. The molecule has 3 atom stereocenters. The van der Waals surface area contributed by atoms with E-state index in [-0.39, 0.29) is 55.1 Å². The van der Waals surface area contributed by atoms with E-state index < -0.39 is 34.0 Å². The Hall–Kier alpha value is -4.07. The number of benzene rings is 2. The molecule has 0 aliphatic carbocycles. The van der Waals surface area contributed by atoms with Crippen LogP contribution in [0.25, 0.3) is 0 Å². The maximum absolute atomic E-state index is 14.2. The van der Waals surface area contributed by atoms with Crippen molar-refractivity contribution < 1.29 is 27.5 Å². The minimum Gasteiger partial charge on any atom is -0.464 e. The van der Waals surface area contributed by atoms with E-state index in [1.54, 1.807) is 57.4 Å². The van der Waals surface area contributed by atoms with Crippen molar-refractivity contribution in [1.82, 2.24) is 19.4 Å². The molecule has 4 rings (SSSR count). The number of carbonyl (C=O) groups is 3. The smallest absolute Gasteiger partial charge is 0.329 e. The second-order valence-corrected chi connectivity index (χ2v) is 13.8. The van der Waals surface area contributed by atoms with Gasteiger partial charge < -0.3 is 20.3 Å². The van der Waals surface area contributed by atoms with Gasteiger partial charge in [0.05, 0.1) is 11.5 Å². The molecule has 0 bridgehead atoms. The van der Waals surface area contributed by atoms with Gasteiger partial charge in [-0.3, -0.25) is 19.9 Å². The summed E-state index contributed by atoms with van der Waals surface area (Å²) in [5.74, 6) is -1.37. The molecule has 1 unspecified atom stereocenters. The van der Waals surface area contributed by atoms with Crippen LogP contribution in [0.15, 0.2) is 59.0 Å². The van der Waals surface area contributed by atoms with Crippen LogP contribution in [0.1, 0.15) is 55.0 Å². The van der Waals surface area contributed by atoms with E-state index in [4.69, 9.17) is 15.9 Å². The summed E-state index contributed by atoms with van der Waals surface area (Å²) in [4.78, 5) is 44.7. The zero-order valence-corrected chi connectivity index (χ0v) is 27.9. The van der Waals surface area contributed by atoms with Gasteiger partial charge in [-0.2, -0.15) is 4.72 Å². The second-order valence-electron chi connectivity index (χ2n) is 12.1. The average Bonchev–Trinajstić information content (AvgIpc) is 3.01. The number of likely N-dealkylation sites (N-methyl/N-ethyl adjacent to an activating group) is 1. The van der Waals surface area contributed by atoms with Gasteiger partial charge in [-0.25, -0.2) is 13.2 Å². The summed E-state index contributed by atoms with van der Waals surface area (Å²) >= 11 is 0. The first-order valence-corrected chi connectivity index (χ1v) is 16.8. The lowest BCUT2D eigenvalue weighted by Gasteiger charge is -2.36. The third-order valence-corrected chi connectivity index (χ3v) is 10.0. The van der Waals surface area contributed by atoms with Crippen LogP contribution < -0.4 is 10.5 Å². The maximum Gasteiger partial charge on any atom is 0.329 e. The van der Waals surface area contributed by atoms with Crippen LogP contribution in [-0.4, -0.2) is 99.7 Å². The molecular weight excluding hydrogens is 608 g/mol. The SMILES string of the molecule is CCOC(=O)[C@H]1CC(C)=CCN1C(=O)[C@H](Cc1cccc(C(=N)N)c1)NS(=O)(=O)c1ccc2c(c1)C(CC(=O)N(C)C)N(C)CC2. The Morgan fingerprint density at radius 2 is 1.91 bits per heavy atom. The molecule has 0 spiro atoms. The molecule has 0 saturated carbocycles. The number of fused-ring (bicyclic) bond motifs is 1. The highest BCUT2D eigenvalue weighted by Crippen LogP contribution is 2.33. The topological polar surface area (TPSA) is 166 Å². The summed E-state index contributed by atoms with van der Waals surface area (Å²) in [5.41, 5.74) is 9.36. The van der Waals surface area contributed by atoms with E-state index in [1.807, 2.05) is 24.9 Å². The molecule has 0 fully saturated rings. The van der Waals surface area contributed by atoms with Crippen molar-refractivity contribution in [2.45, 2.75) is 62.6 Å². The normalized spacial score (nSPS) is 19.1. The number of nitrogens with two attached hydrogens (primary N) is 1. The van der Waals surface area contributed by atoms with Gasteiger partial charge in [-0.05, 0) is 75.0 Å². The van der Waals surface area contributed by atoms with Crippen LogP contribution in [-0.2, 0) is 42.0 Å². The van der Waals surface area contributed by atoms with Gasteiger partial charge in [0.2, 0.25) is 21.8 Å². The molecule has 2 aliphatic heterocycles. The molecule has 2 aromatic carbocycles. The molecule has 46 heavy (non-hydrogen) atoms. The van der Waals surface area contributed by atoms with Crippen molar-refractivity contribution >= 4 is 33.6 Å². The fourth-order valence-corrected chi connectivity index (χ4v) is 7.11. The van der Waals surface area contributed by atoms with Crippen LogP contribution in [0.3, 0.4) is 0 Å². The molecule has 0 radical (unpaired) electrons. The predicted molar refractivity (Wildman–Crippen MR) is 175 cm³/mol. The summed E-state index contributed by atoms with van der Waals surface area (Å²) in [6.45, 7) is 4.54. The van der Waals surface area contributed by atoms with Gasteiger partial charge in [0.25, 0.3) is 0 Å². The van der Waals surface area contributed by atoms with Crippen LogP contribution in [0.5, 0.6) is 0 Å². The minimum atomic E-state index is -4.28. The predicted octanol–water partition coefficient (Wildman–Crippen LogP) is 1.98. The third kappa shape index (κ3) is 8.01. The van der Waals surface area contributed by atoms with E-state index in [0.29, 0.717) is 17.5 Å². The number of nitrogen functional groups attached to an aromatic ring is 1. The number of hydrogen-bond acceptors (Lipinski definition) is 8. The van der Waals surface area contributed by atoms with Gasteiger partial charge in [0.15, 0.2) is 0 Å². The number of sulfonamides is 1. The molecular formula is C33H44N6O6S. The zero-order chi connectivity index (χ0) is 33.8. The minimum absolute atomic E-state index is 0.0320. The molecule has 2 aliphatic rings. The number of nitrogens with zero attached hydrogens (tertiary/aromatic N) is 3. The van der Waals surface area contributed by atoms with Crippen molar-refractivity contribution in [1.29, 1.82) is 5.41 Å². The van der Waals surface area contributed by atoms with Crippen LogP contribution >= 0.6 is 0 Å². The molecule has 4 N–H and O–H groups in total. The highest BCUT2D eigenvalue weighted by Gasteiger charge is 2.38. The summed E-state index contributed by atoms with van der Waals surface area (Å²) in [7, 11) is 1.01. The lowest BCUT2D eigenvalue weighted by Crippen LogP contribution is -2.56. The summed E-state index contributed by atoms with van der Waals surface area (Å²) in [6, 6.07) is 9.09. The second kappa shape index (κ2) is 14.6. The van der Waals surface area contributed by atoms with Crippen molar-refractivity contribution in [3.05, 3.63) is 76.4 Å². The van der Waals surface area contributed by atoms with Gasteiger partial charge in [-0.15, -0.1) is 0 Å². The van der Waals surface area contributed by atoms with Crippen molar-refractivity contribution in [2.75, 3.05) is 40.8 Å². The van der Waals surface area contributed by atoms with Gasteiger partial charge in [0, 0.05) is 45.2 Å². The summed E-state index contributed by atoms with van der Waals surface area (Å²) < 4.78 is 36.0. The van der Waals surface area contributed by atoms with E-state index in [9.17, 15) is 22.8 Å². The largest absolute Gasteiger partial charge is 0.464 e. The molecule has 0 saturated heterocycles. The first-order valence-electron chi connectivity index (χ1n) is 15.3. The van der Waals surface area contributed by atoms with Gasteiger partial charge >= 0.3 is 5.97 Å². The Morgan fingerprint density at radius 1 is 1.17 bits per heavy atom. The van der Waals surface area contributed by atoms with E-state index in [0.717, 1.165) is 23.2 Å². The zero-order valence-electron chi connectivity index (χ0n) is 27.1. The molecule has 2 amide bonds. The molecule has 12 nitrogen and oxygen atoms in total. The number of rotatable bonds is 11. The van der Waals surface area contributed by atoms with Crippen LogP contribution in [0, 0.1) is 5.41 Å². The fraction of sp³-hybridized carbons (Fsp3) is 0.455. The highest BCUT2D eigenvalue weighted by molar-refractivity contribution is 7.89. The van der Waals surface area contributed by atoms with E-state index in [1.165, 1.54) is 15.9 Å². The number of esters is 1. The Kier molecular flexibility index (Phi) is 11.0. The van der Waals surface area contributed by atoms with E-state index >= 15 is 0 Å². The molecule has 0 aromatic heterocycles. The summed E-state index contributed by atoms with van der Waals surface area (Å²) in [5, 5.41) is 7.83. The Labute approximate surface area is 271 Å². The highest BCUT2D eigenvalue weighted by atomic mass is 32.2. The number of carbonyl (C=O) groups excluding carboxylic acids is 3. The average molecular weight is 653 g/mol. The third-order valence-electron chi connectivity index (χ3n) is 8.56. The first-order chi connectivity index (χ1) is 21.7. The van der Waals surface area contributed by atoms with Crippen molar-refractivity contribution in [3.63, 3.8) is 0 Å². The monoisotopic (exact) mass is 652 g/mol.